The lowest BCUT2D eigenvalue weighted by atomic mass is 10.0. The van der Waals surface area contributed by atoms with E-state index in [0.29, 0.717) is 0 Å². The molecule has 0 radical (unpaired) electrons. The van der Waals surface area contributed by atoms with Gasteiger partial charge in [-0.2, -0.15) is 16.7 Å². The van der Waals surface area contributed by atoms with Crippen molar-refractivity contribution in [2.45, 2.75) is 128 Å². The van der Waals surface area contributed by atoms with Gasteiger partial charge in [0.1, 0.15) is 6.23 Å². The van der Waals surface area contributed by atoms with Crippen LogP contribution in [0.3, 0.4) is 0 Å². The first-order chi connectivity index (χ1) is 15.5. The number of aromatic nitrogens is 2. The van der Waals surface area contributed by atoms with Crippen molar-refractivity contribution in [1.82, 2.24) is 9.55 Å². The van der Waals surface area contributed by atoms with Gasteiger partial charge in [-0.05, 0) is 19.1 Å². The van der Waals surface area contributed by atoms with E-state index in [-0.39, 0.29) is 5.25 Å². The lowest BCUT2D eigenvalue weighted by Crippen LogP contribution is -2.32. The quantitative estimate of drug-likeness (QED) is 0.203. The fourth-order valence-corrected chi connectivity index (χ4v) is 4.92. The summed E-state index contributed by atoms with van der Waals surface area (Å²) in [5.74, 6) is -0.318. The van der Waals surface area contributed by atoms with Gasteiger partial charge in [0, 0.05) is 5.25 Å². The fraction of sp³-hybridized carbons (Fsp3) is 0.840. The molecule has 32 heavy (non-hydrogen) atoms. The molecule has 0 saturated carbocycles. The van der Waals surface area contributed by atoms with Gasteiger partial charge in [-0.1, -0.05) is 103 Å². The van der Waals surface area contributed by atoms with Gasteiger partial charge >= 0.3 is 5.69 Å². The first kappa shape index (κ1) is 29.0. The zero-order valence-electron chi connectivity index (χ0n) is 20.4. The van der Waals surface area contributed by atoms with E-state index < -0.39 is 23.6 Å². The van der Waals surface area contributed by atoms with Crippen LogP contribution < -0.4 is 11.4 Å². The van der Waals surface area contributed by atoms with Crippen LogP contribution in [-0.2, 0) is 0 Å². The van der Waals surface area contributed by atoms with Crippen LogP contribution in [0.25, 0.3) is 0 Å². The third-order valence-electron chi connectivity index (χ3n) is 6.02. The molecule has 2 atom stereocenters. The Morgan fingerprint density at radius 3 is 1.84 bits per heavy atom. The van der Waals surface area contributed by atoms with E-state index in [1.165, 1.54) is 96.3 Å². The van der Waals surface area contributed by atoms with Gasteiger partial charge in [0.25, 0.3) is 0 Å². The molecule has 2 unspecified atom stereocenters. The van der Waals surface area contributed by atoms with Crippen molar-refractivity contribution in [3.63, 3.8) is 0 Å². The first-order valence-electron chi connectivity index (χ1n) is 12.8. The molecular weight excluding hydrogens is 425 g/mol. The predicted molar refractivity (Wildman–Crippen MR) is 136 cm³/mol. The molecule has 0 aliphatic heterocycles. The Hall–Kier alpha value is -1.08. The van der Waals surface area contributed by atoms with Gasteiger partial charge in [0.2, 0.25) is 0 Å². The summed E-state index contributed by atoms with van der Waals surface area (Å²) in [6.45, 7) is 4.11. The van der Waals surface area contributed by atoms with Crippen molar-refractivity contribution in [2.24, 2.45) is 0 Å². The molecule has 0 amide bonds. The summed E-state index contributed by atoms with van der Waals surface area (Å²) in [5, 5.41) is 10.1. The minimum absolute atomic E-state index is 0.228. The molecule has 1 aromatic heterocycles. The van der Waals surface area contributed by atoms with E-state index in [0.717, 1.165) is 22.9 Å². The maximum atomic E-state index is 13.5. The SMILES string of the molecule is CCCCCCCCCCCCCCCCCCSC(C)C(O)n1cc(F)c(N)nc1=O. The summed E-state index contributed by atoms with van der Waals surface area (Å²) in [6, 6.07) is 0. The highest BCUT2D eigenvalue weighted by Crippen LogP contribution is 2.23. The van der Waals surface area contributed by atoms with Crippen LogP contribution in [-0.4, -0.2) is 25.7 Å². The second-order valence-corrected chi connectivity index (χ2v) is 10.4. The topological polar surface area (TPSA) is 81.1 Å². The molecule has 7 heteroatoms. The van der Waals surface area contributed by atoms with Gasteiger partial charge < -0.3 is 10.8 Å². The highest BCUT2D eigenvalue weighted by atomic mass is 32.2. The van der Waals surface area contributed by atoms with Crippen molar-refractivity contribution < 1.29 is 9.50 Å². The van der Waals surface area contributed by atoms with E-state index in [1.807, 2.05) is 6.92 Å². The molecule has 0 saturated heterocycles. The van der Waals surface area contributed by atoms with Gasteiger partial charge in [-0.15, -0.1) is 0 Å². The molecule has 0 fully saturated rings. The normalized spacial score (nSPS) is 13.4. The number of halogens is 1. The molecule has 0 spiro atoms. The third-order valence-corrected chi connectivity index (χ3v) is 7.31. The molecule has 186 valence electrons. The number of thioether (sulfide) groups is 1. The Morgan fingerprint density at radius 1 is 0.938 bits per heavy atom. The second-order valence-electron chi connectivity index (χ2n) is 8.96. The van der Waals surface area contributed by atoms with Crippen LogP contribution >= 0.6 is 11.8 Å². The number of rotatable bonds is 20. The number of aliphatic hydroxyl groups excluding tert-OH is 1. The van der Waals surface area contributed by atoms with Gasteiger partial charge in [-0.25, -0.2) is 9.18 Å². The molecule has 3 N–H and O–H groups in total. The highest BCUT2D eigenvalue weighted by molar-refractivity contribution is 7.99. The lowest BCUT2D eigenvalue weighted by Gasteiger charge is -2.20. The van der Waals surface area contributed by atoms with E-state index in [4.69, 9.17) is 5.73 Å². The van der Waals surface area contributed by atoms with E-state index in [2.05, 4.69) is 11.9 Å². The Balaban J connectivity index is 1.94. The zero-order valence-corrected chi connectivity index (χ0v) is 21.2. The molecule has 5 nitrogen and oxygen atoms in total. The standard InChI is InChI=1S/C25H46FN3O2S/c1-3-4-5-6-7-8-9-10-11-12-13-14-15-16-17-18-19-32-21(2)24(30)29-20-22(26)23(27)28-25(29)31/h20-21,24,30H,3-19H2,1-2H3,(H2,27,28,31). The van der Waals surface area contributed by atoms with Crippen LogP contribution in [0.15, 0.2) is 11.0 Å². The van der Waals surface area contributed by atoms with Crippen molar-refractivity contribution >= 4 is 17.6 Å². The zero-order chi connectivity index (χ0) is 23.6. The lowest BCUT2D eigenvalue weighted by molar-refractivity contribution is 0.0991. The second kappa shape index (κ2) is 18.4. The van der Waals surface area contributed by atoms with Crippen molar-refractivity contribution in [1.29, 1.82) is 0 Å². The van der Waals surface area contributed by atoms with Gasteiger partial charge in [-0.3, -0.25) is 4.57 Å². The number of unbranched alkanes of at least 4 members (excludes halogenated alkanes) is 15. The summed E-state index contributed by atoms with van der Waals surface area (Å²) >= 11 is 1.59. The number of hydrogen-bond acceptors (Lipinski definition) is 5. The summed E-state index contributed by atoms with van der Waals surface area (Å²) in [7, 11) is 0. The fourth-order valence-electron chi connectivity index (χ4n) is 3.88. The third kappa shape index (κ3) is 12.8. The maximum absolute atomic E-state index is 13.5. The van der Waals surface area contributed by atoms with Gasteiger partial charge in [0.15, 0.2) is 11.6 Å². The number of hydrogen-bond donors (Lipinski definition) is 2. The molecule has 0 aliphatic carbocycles. The van der Waals surface area contributed by atoms with Crippen LogP contribution in [0.4, 0.5) is 10.2 Å². The van der Waals surface area contributed by atoms with E-state index >= 15 is 0 Å². The van der Waals surface area contributed by atoms with Crippen LogP contribution in [0, 0.1) is 5.82 Å². The van der Waals surface area contributed by atoms with E-state index in [1.54, 1.807) is 11.8 Å². The summed E-state index contributed by atoms with van der Waals surface area (Å²) in [6.07, 6.45) is 21.3. The number of aliphatic hydroxyl groups is 1. The highest BCUT2D eigenvalue weighted by Gasteiger charge is 2.19. The van der Waals surface area contributed by atoms with Crippen molar-refractivity contribution in [3.05, 3.63) is 22.5 Å². The number of nitrogens with two attached hydrogens (primary N) is 1. The average Bonchev–Trinajstić information content (AvgIpc) is 2.77. The van der Waals surface area contributed by atoms with Crippen molar-refractivity contribution in [3.8, 4) is 0 Å². The molecule has 1 rings (SSSR count). The molecule has 0 aliphatic rings. The van der Waals surface area contributed by atoms with Gasteiger partial charge in [0.05, 0.1) is 6.20 Å². The summed E-state index contributed by atoms with van der Waals surface area (Å²) in [4.78, 5) is 15.2. The summed E-state index contributed by atoms with van der Waals surface area (Å²) in [5.41, 5.74) is 4.56. The number of nitrogens with zero attached hydrogens (tertiary/aromatic N) is 2. The smallest absolute Gasteiger partial charge is 0.351 e. The van der Waals surface area contributed by atoms with E-state index in [9.17, 15) is 14.3 Å². The van der Waals surface area contributed by atoms with Crippen LogP contribution in [0.1, 0.15) is 123 Å². The molecule has 1 aromatic rings. The maximum Gasteiger partial charge on any atom is 0.351 e. The number of anilines is 1. The molecule has 1 heterocycles. The van der Waals surface area contributed by atoms with Crippen LogP contribution in [0.2, 0.25) is 0 Å². The average molecular weight is 472 g/mol. The molecular formula is C25H46FN3O2S. The predicted octanol–water partition coefficient (Wildman–Crippen LogP) is 6.84. The van der Waals surface area contributed by atoms with Crippen molar-refractivity contribution in [2.75, 3.05) is 11.5 Å². The molecule has 0 bridgehead atoms. The minimum Gasteiger partial charge on any atom is -0.381 e. The minimum atomic E-state index is -1.11. The Bertz CT molecular complexity index is 657. The Labute approximate surface area is 198 Å². The summed E-state index contributed by atoms with van der Waals surface area (Å²) < 4.78 is 14.5. The van der Waals surface area contributed by atoms with Crippen LogP contribution in [0.5, 0.6) is 0 Å². The Morgan fingerprint density at radius 2 is 1.38 bits per heavy atom. The number of nitrogen functional groups attached to an aromatic ring is 1. The first-order valence-corrected chi connectivity index (χ1v) is 13.9. The molecule has 0 aromatic carbocycles. The monoisotopic (exact) mass is 471 g/mol. The largest absolute Gasteiger partial charge is 0.381 e. The Kier molecular flexibility index (Phi) is 16.6.